The normalized spacial score (nSPS) is 10.7. The molecule has 0 fully saturated rings. The summed E-state index contributed by atoms with van der Waals surface area (Å²) < 4.78 is 3.62. The van der Waals surface area contributed by atoms with Crippen LogP contribution in [0.1, 0.15) is 11.1 Å². The minimum Gasteiger partial charge on any atom is -0.211 e. The van der Waals surface area contributed by atoms with Crippen molar-refractivity contribution in [3.05, 3.63) is 69.7 Å². The van der Waals surface area contributed by atoms with Crippen LogP contribution in [-0.2, 0) is 5.75 Å². The Morgan fingerprint density at radius 2 is 1.95 bits per heavy atom. The molecule has 5 heteroatoms. The van der Waals surface area contributed by atoms with E-state index < -0.39 is 0 Å². The smallest absolute Gasteiger partial charge is 0.184 e. The summed E-state index contributed by atoms with van der Waals surface area (Å²) >= 11 is 8.71. The van der Waals surface area contributed by atoms with Gasteiger partial charge in [-0.05, 0) is 36.8 Å². The molecule has 3 rings (SSSR count). The number of aromatic nitrogens is 2. The maximum atomic E-state index is 5.41. The monoisotopic (exact) mass is 330 g/mol. The number of aryl methyl sites for hydroxylation is 1. The van der Waals surface area contributed by atoms with Gasteiger partial charge in [0, 0.05) is 5.75 Å². The van der Waals surface area contributed by atoms with Crippen LogP contribution < -0.4 is 0 Å². The number of thioether (sulfide) groups is 1. The van der Waals surface area contributed by atoms with Crippen molar-refractivity contribution in [1.29, 1.82) is 0 Å². The second-order valence-electron chi connectivity index (χ2n) is 4.66. The van der Waals surface area contributed by atoms with Crippen molar-refractivity contribution < 1.29 is 0 Å². The lowest BCUT2D eigenvalue weighted by molar-refractivity contribution is 0.829. The van der Waals surface area contributed by atoms with Crippen LogP contribution in [0, 0.1) is 10.9 Å². The third-order valence-electron chi connectivity index (χ3n) is 2.97. The molecule has 0 saturated heterocycles. The number of para-hydroxylation sites is 1. The van der Waals surface area contributed by atoms with Gasteiger partial charge in [0.15, 0.2) is 8.29 Å². The van der Waals surface area contributed by atoms with E-state index in [1.54, 1.807) is 23.1 Å². The molecule has 0 aliphatic rings. The zero-order chi connectivity index (χ0) is 14.7. The van der Waals surface area contributed by atoms with Crippen LogP contribution in [0.15, 0.2) is 58.9 Å². The second-order valence-corrected chi connectivity index (χ2v) is 7.50. The highest BCUT2D eigenvalue weighted by Crippen LogP contribution is 2.27. The van der Waals surface area contributed by atoms with Crippen LogP contribution in [0.5, 0.6) is 0 Å². The Hall–Kier alpha value is -1.43. The van der Waals surface area contributed by atoms with E-state index in [1.807, 2.05) is 35.0 Å². The topological polar surface area (TPSA) is 17.8 Å². The SMILES string of the molecule is Cc1cccc(CSc2nn(-c3ccccc3)c(=S)s2)c1. The summed E-state index contributed by atoms with van der Waals surface area (Å²) in [6.07, 6.45) is 0. The Bertz CT molecular complexity index is 791. The van der Waals surface area contributed by atoms with Gasteiger partial charge in [-0.3, -0.25) is 0 Å². The molecular weight excluding hydrogens is 316 g/mol. The van der Waals surface area contributed by atoms with Crippen LogP contribution in [0.25, 0.3) is 5.69 Å². The predicted molar refractivity (Wildman–Crippen MR) is 93.0 cm³/mol. The Morgan fingerprint density at radius 1 is 1.14 bits per heavy atom. The molecular formula is C16H14N2S3. The van der Waals surface area contributed by atoms with Gasteiger partial charge in [-0.1, -0.05) is 71.1 Å². The molecule has 2 aromatic carbocycles. The first-order valence-electron chi connectivity index (χ1n) is 6.56. The van der Waals surface area contributed by atoms with Crippen molar-refractivity contribution in [2.75, 3.05) is 0 Å². The summed E-state index contributed by atoms with van der Waals surface area (Å²) in [5.41, 5.74) is 3.61. The van der Waals surface area contributed by atoms with Gasteiger partial charge in [0.05, 0.1) is 5.69 Å². The molecule has 0 aliphatic heterocycles. The molecule has 3 aromatic rings. The van der Waals surface area contributed by atoms with Gasteiger partial charge in [0.1, 0.15) is 0 Å². The molecule has 0 amide bonds. The van der Waals surface area contributed by atoms with Crippen molar-refractivity contribution >= 4 is 35.3 Å². The van der Waals surface area contributed by atoms with Crippen LogP contribution in [0.3, 0.4) is 0 Å². The highest BCUT2D eigenvalue weighted by atomic mass is 32.2. The number of benzene rings is 2. The number of nitrogens with zero attached hydrogens (tertiary/aromatic N) is 2. The fourth-order valence-electron chi connectivity index (χ4n) is 2.00. The summed E-state index contributed by atoms with van der Waals surface area (Å²) in [4.78, 5) is 0. The molecule has 0 aliphatic carbocycles. The third-order valence-corrected chi connectivity index (χ3v) is 5.41. The summed E-state index contributed by atoms with van der Waals surface area (Å²) in [6, 6.07) is 18.6. The minimum atomic E-state index is 0.785. The first kappa shape index (κ1) is 14.5. The van der Waals surface area contributed by atoms with Crippen molar-refractivity contribution in [3.8, 4) is 5.69 Å². The summed E-state index contributed by atoms with van der Waals surface area (Å²) in [6.45, 7) is 2.11. The van der Waals surface area contributed by atoms with Gasteiger partial charge < -0.3 is 0 Å². The van der Waals surface area contributed by atoms with E-state index in [0.29, 0.717) is 0 Å². The van der Waals surface area contributed by atoms with Crippen molar-refractivity contribution in [3.63, 3.8) is 0 Å². The van der Waals surface area contributed by atoms with Gasteiger partial charge in [-0.25, -0.2) is 4.68 Å². The molecule has 0 saturated carbocycles. The molecule has 21 heavy (non-hydrogen) atoms. The Morgan fingerprint density at radius 3 is 2.71 bits per heavy atom. The van der Waals surface area contributed by atoms with Gasteiger partial charge >= 0.3 is 0 Å². The van der Waals surface area contributed by atoms with Crippen molar-refractivity contribution in [2.24, 2.45) is 0 Å². The highest BCUT2D eigenvalue weighted by Gasteiger charge is 2.06. The van der Waals surface area contributed by atoms with E-state index in [1.165, 1.54) is 11.1 Å². The van der Waals surface area contributed by atoms with E-state index in [0.717, 1.165) is 19.7 Å². The molecule has 2 nitrogen and oxygen atoms in total. The summed E-state index contributed by atoms with van der Waals surface area (Å²) in [7, 11) is 0. The number of hydrogen-bond donors (Lipinski definition) is 0. The van der Waals surface area contributed by atoms with E-state index in [4.69, 9.17) is 12.2 Å². The second kappa shape index (κ2) is 6.56. The average molecular weight is 331 g/mol. The molecule has 0 unspecified atom stereocenters. The molecule has 0 spiro atoms. The largest absolute Gasteiger partial charge is 0.211 e. The quantitative estimate of drug-likeness (QED) is 0.480. The molecule has 1 aromatic heterocycles. The fraction of sp³-hybridized carbons (Fsp3) is 0.125. The molecule has 1 heterocycles. The van der Waals surface area contributed by atoms with Gasteiger partial charge in [-0.15, -0.1) is 5.10 Å². The zero-order valence-electron chi connectivity index (χ0n) is 11.5. The molecule has 0 N–H and O–H groups in total. The van der Waals surface area contributed by atoms with E-state index in [-0.39, 0.29) is 0 Å². The Kier molecular flexibility index (Phi) is 4.53. The number of rotatable bonds is 4. The maximum absolute atomic E-state index is 5.41. The molecule has 0 radical (unpaired) electrons. The van der Waals surface area contributed by atoms with Gasteiger partial charge in [0.2, 0.25) is 0 Å². The summed E-state index contributed by atoms with van der Waals surface area (Å²) in [5, 5.41) is 4.61. The molecule has 0 bridgehead atoms. The standard InChI is InChI=1S/C16H14N2S3/c1-12-6-5-7-13(10-12)11-20-15-17-18(16(19)21-15)14-8-3-2-4-9-14/h2-10H,11H2,1H3. The van der Waals surface area contributed by atoms with Gasteiger partial charge in [-0.2, -0.15) is 0 Å². The van der Waals surface area contributed by atoms with Crippen molar-refractivity contribution in [1.82, 2.24) is 9.78 Å². The first-order chi connectivity index (χ1) is 10.2. The van der Waals surface area contributed by atoms with Crippen LogP contribution in [-0.4, -0.2) is 9.78 Å². The maximum Gasteiger partial charge on any atom is 0.184 e. The van der Waals surface area contributed by atoms with E-state index in [9.17, 15) is 0 Å². The highest BCUT2D eigenvalue weighted by molar-refractivity contribution is 8.00. The molecule has 106 valence electrons. The average Bonchev–Trinajstić information content (AvgIpc) is 2.87. The van der Waals surface area contributed by atoms with Crippen molar-refractivity contribution in [2.45, 2.75) is 17.0 Å². The lowest BCUT2D eigenvalue weighted by atomic mass is 10.2. The van der Waals surface area contributed by atoms with Crippen LogP contribution in [0.4, 0.5) is 0 Å². The first-order valence-corrected chi connectivity index (χ1v) is 8.77. The lowest BCUT2D eigenvalue weighted by Crippen LogP contribution is -1.95. The predicted octanol–water partition coefficient (Wildman–Crippen LogP) is 5.26. The lowest BCUT2D eigenvalue weighted by Gasteiger charge is -2.01. The Labute approximate surface area is 137 Å². The van der Waals surface area contributed by atoms with E-state index >= 15 is 0 Å². The fourth-order valence-corrected chi connectivity index (χ4v) is 4.30. The minimum absolute atomic E-state index is 0.785. The third kappa shape index (κ3) is 3.61. The molecule has 0 atom stereocenters. The van der Waals surface area contributed by atoms with Gasteiger partial charge in [0.25, 0.3) is 0 Å². The zero-order valence-corrected chi connectivity index (χ0v) is 14.0. The van der Waals surface area contributed by atoms with Crippen LogP contribution in [0.2, 0.25) is 0 Å². The van der Waals surface area contributed by atoms with E-state index in [2.05, 4.69) is 36.3 Å². The Balaban J connectivity index is 1.77. The van der Waals surface area contributed by atoms with Crippen LogP contribution >= 0.6 is 35.3 Å². The number of hydrogen-bond acceptors (Lipinski definition) is 4. The summed E-state index contributed by atoms with van der Waals surface area (Å²) in [5.74, 6) is 0.915.